The molecule has 0 unspecified atom stereocenters. The molecule has 8 fully saturated rings. The number of amides is 1. The topological polar surface area (TPSA) is 173 Å². The zero-order valence-electron chi connectivity index (χ0n) is 42.4. The Balaban J connectivity index is 0.00000648. The van der Waals surface area contributed by atoms with Crippen LogP contribution in [0.3, 0.4) is 0 Å². The Morgan fingerprint density at radius 1 is 0.818 bits per heavy atom. The number of carboxylic acids is 1. The van der Waals surface area contributed by atoms with Crippen LogP contribution in [0, 0.1) is 64.6 Å². The van der Waals surface area contributed by atoms with Gasteiger partial charge >= 0.3 is 29.6 Å². The van der Waals surface area contributed by atoms with Crippen molar-refractivity contribution in [3.63, 3.8) is 0 Å². The smallest absolute Gasteiger partial charge is 0.550 e. The number of carboxylic acid groups (broad SMARTS) is 1. The van der Waals surface area contributed by atoms with E-state index >= 15 is 0 Å². The zero-order chi connectivity index (χ0) is 47.0. The van der Waals surface area contributed by atoms with Gasteiger partial charge in [-0.05, 0) is 146 Å². The summed E-state index contributed by atoms with van der Waals surface area (Å²) in [6.07, 6.45) is 13.4. The Morgan fingerprint density at radius 3 is 2.03 bits per heavy atom. The van der Waals surface area contributed by atoms with Gasteiger partial charge in [-0.3, -0.25) is 9.59 Å². The maximum absolute atomic E-state index is 14.8. The van der Waals surface area contributed by atoms with Crippen molar-refractivity contribution < 1.29 is 82.9 Å². The molecule has 4 bridgehead atoms. The average molecular weight is 934 g/mol. The predicted molar refractivity (Wildman–Crippen MR) is 243 cm³/mol. The third kappa shape index (κ3) is 9.48. The second kappa shape index (κ2) is 19.9. The fourth-order valence-corrected chi connectivity index (χ4v) is 15.3. The normalized spacial score (nSPS) is 47.5. The molecular weight excluding hydrogens is 850 g/mol. The average Bonchev–Trinajstić information content (AvgIpc) is 3.60. The fraction of sp³-hybridized carbons (Fsp3) is 0.906. The SMILES string of the molecule is CC[C@@H](C(=O)[C@@H](C)[C@@H](O)[C@H](C)[C@@H]1O[C@@H]([C@@H](CC)C(=O)[O-])CC[C@@H]1C)[C@H]1O[C@]2(C=C[C@H](NC(=O)C34CC5CC(CC(C5)C3)C4)[C@]3(CC[C@@](C)([C@H]4CC[C@](O)(CC)[C@H](C)O4)O3)O2)[C@H](C)C[C@@H]1C.[Na+]. The molecule has 0 aromatic rings. The number of Topliss-reactive ketones (excluding diaryl/α,β-unsaturated/α-hetero) is 1. The second-order valence-corrected chi connectivity index (χ2v) is 23.6. The van der Waals surface area contributed by atoms with Crippen LogP contribution in [-0.2, 0) is 38.1 Å². The van der Waals surface area contributed by atoms with Crippen molar-refractivity contribution in [3.05, 3.63) is 12.2 Å². The first-order valence-electron chi connectivity index (χ1n) is 26.2. The number of hydrogen-bond acceptors (Lipinski definition) is 11. The largest absolute Gasteiger partial charge is 1.00 e. The van der Waals surface area contributed by atoms with Crippen molar-refractivity contribution in [3.8, 4) is 0 Å². The Bertz CT molecular complexity index is 1760. The van der Waals surface area contributed by atoms with Crippen LogP contribution in [0.2, 0.25) is 0 Å². The molecule has 4 aliphatic carbocycles. The molecule has 9 aliphatic rings. The molecule has 368 valence electrons. The number of aliphatic hydroxyl groups is 2. The van der Waals surface area contributed by atoms with Gasteiger partial charge in [0.25, 0.3) is 0 Å². The van der Waals surface area contributed by atoms with E-state index in [1.54, 1.807) is 6.92 Å². The van der Waals surface area contributed by atoms with Gasteiger partial charge < -0.3 is 49.1 Å². The van der Waals surface area contributed by atoms with E-state index in [4.69, 9.17) is 23.7 Å². The van der Waals surface area contributed by atoms with Gasteiger partial charge in [-0.25, -0.2) is 0 Å². The van der Waals surface area contributed by atoms with Gasteiger partial charge in [0.15, 0.2) is 11.6 Å². The van der Waals surface area contributed by atoms with Crippen LogP contribution < -0.4 is 40.0 Å². The molecule has 0 radical (unpaired) electrons. The van der Waals surface area contributed by atoms with Crippen LogP contribution in [-0.4, -0.2) is 93.3 Å². The number of nitrogens with one attached hydrogen (secondary N) is 1. The maximum atomic E-state index is 14.8. The summed E-state index contributed by atoms with van der Waals surface area (Å²) in [5.74, 6) is -4.25. The number of carbonyl (C=O) groups excluding carboxylic acids is 3. The van der Waals surface area contributed by atoms with Crippen LogP contribution in [0.4, 0.5) is 0 Å². The van der Waals surface area contributed by atoms with Crippen LogP contribution in [0.1, 0.15) is 172 Å². The molecule has 66 heavy (non-hydrogen) atoms. The van der Waals surface area contributed by atoms with Crippen molar-refractivity contribution >= 4 is 17.7 Å². The van der Waals surface area contributed by atoms with Crippen LogP contribution in [0.5, 0.6) is 0 Å². The van der Waals surface area contributed by atoms with E-state index in [-0.39, 0.29) is 76.6 Å². The summed E-state index contributed by atoms with van der Waals surface area (Å²) in [5, 5.41) is 38.8. The van der Waals surface area contributed by atoms with Crippen molar-refractivity contribution in [2.45, 2.75) is 237 Å². The Hall–Kier alpha value is -0.930. The van der Waals surface area contributed by atoms with Gasteiger partial charge in [0, 0.05) is 47.4 Å². The minimum atomic E-state index is -1.28. The van der Waals surface area contributed by atoms with Crippen molar-refractivity contribution in [2.75, 3.05) is 0 Å². The third-order valence-electron chi connectivity index (χ3n) is 19.3. The monoisotopic (exact) mass is 934 g/mol. The standard InChI is InChI=1S/C53H85NO11.Na/c1-11-38(47(57)58)40-15-14-29(4)45(62-40)33(8)43(55)32(7)44(56)39(12-2)46-30(5)22-31(6)52(63-46)19-16-41(54-48(59)50-26-35-23-36(27-50)25-37(24-35)28-50)53(65-52)21-20-49(10,64-53)42-17-18-51(60,13-3)34(9)61-42;/h16,19,29-43,45-46,55,60H,11-15,17-18,20-28H2,1-10H3,(H,54,59)(H,57,58);/q;+1/p-1/t29-,30-,31+,32-,33-,34-,35?,36?,37?,38+,39-,40+,41-,42+,43+,45+,46-,49-,50?,51+,52-,53-;/m0./s1. The minimum absolute atomic E-state index is 0. The number of aliphatic hydroxyl groups excluding tert-OH is 1. The zero-order valence-corrected chi connectivity index (χ0v) is 44.4. The molecule has 1 amide bonds. The number of rotatable bonds is 14. The van der Waals surface area contributed by atoms with Gasteiger partial charge in [0.05, 0.1) is 47.8 Å². The molecular formula is C53H84NNaO11. The summed E-state index contributed by atoms with van der Waals surface area (Å²) in [6, 6.07) is -0.582. The second-order valence-electron chi connectivity index (χ2n) is 23.6. The van der Waals surface area contributed by atoms with Gasteiger partial charge in [0.2, 0.25) is 5.91 Å². The Labute approximate surface area is 417 Å². The van der Waals surface area contributed by atoms with E-state index in [1.807, 2.05) is 40.7 Å². The minimum Gasteiger partial charge on any atom is -0.550 e. The maximum Gasteiger partial charge on any atom is 1.00 e. The van der Waals surface area contributed by atoms with E-state index in [0.717, 1.165) is 25.7 Å². The molecule has 12 nitrogen and oxygen atoms in total. The molecule has 0 aromatic heterocycles. The molecule has 4 saturated carbocycles. The molecule has 3 N–H and O–H groups in total. The summed E-state index contributed by atoms with van der Waals surface area (Å²) in [5.41, 5.74) is -2.03. The summed E-state index contributed by atoms with van der Waals surface area (Å²) < 4.78 is 35.2. The molecule has 9 rings (SSSR count). The van der Waals surface area contributed by atoms with Gasteiger partial charge in [-0.15, -0.1) is 0 Å². The van der Waals surface area contributed by atoms with Crippen molar-refractivity contribution in [2.24, 2.45) is 64.6 Å². The number of ether oxygens (including phenoxy) is 5. The summed E-state index contributed by atoms with van der Waals surface area (Å²) >= 11 is 0. The molecule has 4 saturated heterocycles. The van der Waals surface area contributed by atoms with E-state index in [1.165, 1.54) is 19.3 Å². The molecule has 18 atom stereocenters. The Morgan fingerprint density at radius 2 is 1.45 bits per heavy atom. The van der Waals surface area contributed by atoms with E-state index in [9.17, 15) is 29.7 Å². The Kier molecular flexibility index (Phi) is 16.0. The summed E-state index contributed by atoms with van der Waals surface area (Å²) in [7, 11) is 0. The molecule has 5 aliphatic heterocycles. The van der Waals surface area contributed by atoms with E-state index in [2.05, 4.69) is 39.1 Å². The molecule has 13 heteroatoms. The summed E-state index contributed by atoms with van der Waals surface area (Å²) in [4.78, 5) is 41.5. The quantitative estimate of drug-likeness (QED) is 0.169. The molecule has 0 aromatic carbocycles. The van der Waals surface area contributed by atoms with Gasteiger partial charge in [0.1, 0.15) is 11.8 Å². The third-order valence-corrected chi connectivity index (χ3v) is 19.3. The van der Waals surface area contributed by atoms with E-state index in [0.29, 0.717) is 75.5 Å². The van der Waals surface area contributed by atoms with Crippen LogP contribution in [0.25, 0.3) is 0 Å². The van der Waals surface area contributed by atoms with E-state index < -0.39 is 82.9 Å². The number of ketones is 1. The first-order valence-corrected chi connectivity index (χ1v) is 26.2. The number of aliphatic carboxylic acids is 1. The van der Waals surface area contributed by atoms with Crippen molar-refractivity contribution in [1.82, 2.24) is 5.32 Å². The van der Waals surface area contributed by atoms with Crippen molar-refractivity contribution in [1.29, 1.82) is 0 Å². The fourth-order valence-electron chi connectivity index (χ4n) is 15.3. The number of carbonyl (C=O) groups is 3. The van der Waals surface area contributed by atoms with Crippen LogP contribution in [0.15, 0.2) is 12.2 Å². The van der Waals surface area contributed by atoms with Crippen LogP contribution >= 0.6 is 0 Å². The first kappa shape index (κ1) is 52.9. The summed E-state index contributed by atoms with van der Waals surface area (Å²) in [6.45, 7) is 19.9. The first-order chi connectivity index (χ1) is 30.6. The predicted octanol–water partition coefficient (Wildman–Crippen LogP) is 4.20. The van der Waals surface area contributed by atoms with Gasteiger partial charge in [-0.2, -0.15) is 0 Å². The number of hydrogen-bond donors (Lipinski definition) is 3. The molecule has 2 spiro atoms. The van der Waals surface area contributed by atoms with Gasteiger partial charge in [-0.1, -0.05) is 61.5 Å². The molecule has 5 heterocycles.